The van der Waals surface area contributed by atoms with Crippen molar-refractivity contribution in [2.45, 2.75) is 19.9 Å². The number of nitrogens with one attached hydrogen (secondary N) is 1. The zero-order valence-corrected chi connectivity index (χ0v) is 12.5. The molecule has 0 aliphatic rings. The van der Waals surface area contributed by atoms with E-state index in [1.165, 1.54) is 6.20 Å². The van der Waals surface area contributed by atoms with Crippen LogP contribution in [0.3, 0.4) is 0 Å². The molecule has 118 valence electrons. The molecule has 0 aliphatic heterocycles. The Hall–Kier alpha value is -2.83. The van der Waals surface area contributed by atoms with E-state index in [-0.39, 0.29) is 11.6 Å². The highest BCUT2D eigenvalue weighted by Crippen LogP contribution is 2.19. The van der Waals surface area contributed by atoms with Crippen LogP contribution in [0.2, 0.25) is 0 Å². The predicted octanol–water partition coefficient (Wildman–Crippen LogP) is 3.54. The summed E-state index contributed by atoms with van der Waals surface area (Å²) in [6.07, 6.45) is 3.14. The number of benzene rings is 1. The second kappa shape index (κ2) is 5.75. The Balaban J connectivity index is 1.87. The summed E-state index contributed by atoms with van der Waals surface area (Å²) < 4.78 is 28.1. The number of rotatable bonds is 3. The van der Waals surface area contributed by atoms with Crippen LogP contribution >= 0.6 is 0 Å². The minimum absolute atomic E-state index is 0.0968. The molecule has 0 radical (unpaired) electrons. The van der Waals surface area contributed by atoms with Gasteiger partial charge in [0.25, 0.3) is 5.91 Å². The Kier molecular flexibility index (Phi) is 3.77. The highest BCUT2D eigenvalue weighted by atomic mass is 19.1. The monoisotopic (exact) mass is 316 g/mol. The third-order valence-corrected chi connectivity index (χ3v) is 3.31. The molecule has 0 saturated carbocycles. The standard InChI is InChI=1S/C16H14F2N4O/c1-9(2)22-15-11(7-20-22)5-14(8-19-15)21-16(23)10-3-12(17)6-13(18)4-10/h3-9H,1-2H3,(H,21,23). The number of nitrogens with zero attached hydrogens (tertiary/aromatic N) is 3. The lowest BCUT2D eigenvalue weighted by Crippen LogP contribution is -2.13. The zero-order valence-electron chi connectivity index (χ0n) is 12.5. The van der Waals surface area contributed by atoms with Gasteiger partial charge in [-0.3, -0.25) is 4.79 Å². The van der Waals surface area contributed by atoms with Crippen LogP contribution in [0.25, 0.3) is 11.0 Å². The number of carbonyl (C=O) groups is 1. The first-order chi connectivity index (χ1) is 10.9. The molecule has 3 rings (SSSR count). The SMILES string of the molecule is CC(C)n1ncc2cc(NC(=O)c3cc(F)cc(F)c3)cnc21. The summed E-state index contributed by atoms with van der Waals surface area (Å²) in [5.74, 6) is -2.22. The number of anilines is 1. The molecular formula is C16H14F2N4O. The van der Waals surface area contributed by atoms with Gasteiger partial charge in [0.05, 0.1) is 18.1 Å². The van der Waals surface area contributed by atoms with Crippen molar-refractivity contribution in [3.8, 4) is 0 Å². The van der Waals surface area contributed by atoms with E-state index >= 15 is 0 Å². The average Bonchev–Trinajstić information content (AvgIpc) is 2.89. The largest absolute Gasteiger partial charge is 0.321 e. The lowest BCUT2D eigenvalue weighted by molar-refractivity contribution is 0.102. The van der Waals surface area contributed by atoms with Crippen LogP contribution in [0.5, 0.6) is 0 Å². The number of carbonyl (C=O) groups excluding carboxylic acids is 1. The average molecular weight is 316 g/mol. The van der Waals surface area contributed by atoms with Crippen LogP contribution in [0, 0.1) is 11.6 Å². The second-order valence-corrected chi connectivity index (χ2v) is 5.43. The van der Waals surface area contributed by atoms with Gasteiger partial charge in [0.2, 0.25) is 0 Å². The van der Waals surface area contributed by atoms with Gasteiger partial charge in [0.1, 0.15) is 11.6 Å². The van der Waals surface area contributed by atoms with Gasteiger partial charge < -0.3 is 5.32 Å². The summed E-state index contributed by atoms with van der Waals surface area (Å²) in [5.41, 5.74) is 1.03. The van der Waals surface area contributed by atoms with E-state index in [1.807, 2.05) is 13.8 Å². The fraction of sp³-hybridized carbons (Fsp3) is 0.188. The summed E-state index contributed by atoms with van der Waals surface area (Å²) in [7, 11) is 0. The van der Waals surface area contributed by atoms with E-state index in [0.717, 1.165) is 17.5 Å². The van der Waals surface area contributed by atoms with Gasteiger partial charge in [-0.05, 0) is 32.0 Å². The molecule has 1 N–H and O–H groups in total. The van der Waals surface area contributed by atoms with Gasteiger partial charge in [-0.25, -0.2) is 18.4 Å². The molecule has 7 heteroatoms. The van der Waals surface area contributed by atoms with Crippen LogP contribution in [-0.2, 0) is 0 Å². The van der Waals surface area contributed by atoms with Crippen LogP contribution in [-0.4, -0.2) is 20.7 Å². The van der Waals surface area contributed by atoms with Gasteiger partial charge in [-0.2, -0.15) is 5.10 Å². The van der Waals surface area contributed by atoms with E-state index in [2.05, 4.69) is 15.4 Å². The predicted molar refractivity (Wildman–Crippen MR) is 82.2 cm³/mol. The van der Waals surface area contributed by atoms with E-state index in [1.54, 1.807) is 16.9 Å². The Morgan fingerprint density at radius 2 is 1.83 bits per heavy atom. The molecule has 0 fully saturated rings. The fourth-order valence-electron chi connectivity index (χ4n) is 2.27. The van der Waals surface area contributed by atoms with Gasteiger partial charge in [0.15, 0.2) is 5.65 Å². The van der Waals surface area contributed by atoms with Crippen molar-refractivity contribution in [1.82, 2.24) is 14.8 Å². The summed E-state index contributed by atoms with van der Waals surface area (Å²) in [6, 6.07) is 4.53. The minimum Gasteiger partial charge on any atom is -0.321 e. The summed E-state index contributed by atoms with van der Waals surface area (Å²) in [6.45, 7) is 3.98. The number of fused-ring (bicyclic) bond motifs is 1. The van der Waals surface area contributed by atoms with Gasteiger partial charge >= 0.3 is 0 Å². The van der Waals surface area contributed by atoms with E-state index < -0.39 is 17.5 Å². The summed E-state index contributed by atoms with van der Waals surface area (Å²) >= 11 is 0. The van der Waals surface area contributed by atoms with Crippen LogP contribution in [0.4, 0.5) is 14.5 Å². The molecule has 2 heterocycles. The van der Waals surface area contributed by atoms with Crippen LogP contribution < -0.4 is 5.32 Å². The normalized spacial score (nSPS) is 11.2. The van der Waals surface area contributed by atoms with Gasteiger partial charge in [-0.1, -0.05) is 0 Å². The molecule has 3 aromatic rings. The van der Waals surface area contributed by atoms with E-state index in [4.69, 9.17) is 0 Å². The number of aromatic nitrogens is 3. The maximum absolute atomic E-state index is 13.2. The molecule has 0 atom stereocenters. The van der Waals surface area contributed by atoms with Crippen LogP contribution in [0.1, 0.15) is 30.2 Å². The molecule has 0 spiro atoms. The molecule has 0 unspecified atom stereocenters. The van der Waals surface area contributed by atoms with Crippen molar-refractivity contribution >= 4 is 22.6 Å². The van der Waals surface area contributed by atoms with E-state index in [0.29, 0.717) is 17.4 Å². The van der Waals surface area contributed by atoms with Gasteiger partial charge in [0, 0.05) is 23.1 Å². The molecular weight excluding hydrogens is 302 g/mol. The lowest BCUT2D eigenvalue weighted by atomic mass is 10.2. The first-order valence-electron chi connectivity index (χ1n) is 7.05. The van der Waals surface area contributed by atoms with Crippen molar-refractivity contribution in [3.63, 3.8) is 0 Å². The first kappa shape index (κ1) is 15.1. The molecule has 0 aliphatic carbocycles. The Bertz CT molecular complexity index is 869. The third kappa shape index (κ3) is 3.03. The maximum Gasteiger partial charge on any atom is 0.255 e. The Morgan fingerprint density at radius 1 is 1.13 bits per heavy atom. The van der Waals surface area contributed by atoms with Gasteiger partial charge in [-0.15, -0.1) is 0 Å². The number of halogens is 2. The molecule has 0 bridgehead atoms. The Morgan fingerprint density at radius 3 is 2.48 bits per heavy atom. The topological polar surface area (TPSA) is 59.8 Å². The third-order valence-electron chi connectivity index (χ3n) is 3.31. The number of pyridine rings is 1. The van der Waals surface area contributed by atoms with Crippen molar-refractivity contribution in [2.24, 2.45) is 0 Å². The summed E-state index contributed by atoms with van der Waals surface area (Å²) in [4.78, 5) is 16.4. The quantitative estimate of drug-likeness (QED) is 0.804. The molecule has 2 aromatic heterocycles. The minimum atomic E-state index is -0.804. The van der Waals surface area contributed by atoms with Crippen molar-refractivity contribution in [2.75, 3.05) is 5.32 Å². The zero-order chi connectivity index (χ0) is 16.6. The molecule has 1 aromatic carbocycles. The van der Waals surface area contributed by atoms with Crippen molar-refractivity contribution in [3.05, 3.63) is 53.9 Å². The van der Waals surface area contributed by atoms with Crippen LogP contribution in [0.15, 0.2) is 36.7 Å². The smallest absolute Gasteiger partial charge is 0.255 e. The van der Waals surface area contributed by atoms with Crippen molar-refractivity contribution < 1.29 is 13.6 Å². The fourth-order valence-corrected chi connectivity index (χ4v) is 2.27. The Labute approximate surface area is 130 Å². The molecule has 23 heavy (non-hydrogen) atoms. The molecule has 0 saturated heterocycles. The highest BCUT2D eigenvalue weighted by Gasteiger charge is 2.12. The molecule has 5 nitrogen and oxygen atoms in total. The van der Waals surface area contributed by atoms with Crippen molar-refractivity contribution in [1.29, 1.82) is 0 Å². The lowest BCUT2D eigenvalue weighted by Gasteiger charge is -2.08. The maximum atomic E-state index is 13.2. The highest BCUT2D eigenvalue weighted by molar-refractivity contribution is 6.04. The number of hydrogen-bond donors (Lipinski definition) is 1. The first-order valence-corrected chi connectivity index (χ1v) is 7.05. The number of hydrogen-bond acceptors (Lipinski definition) is 3. The summed E-state index contributed by atoms with van der Waals surface area (Å²) in [5, 5.41) is 7.58. The number of amides is 1. The van der Waals surface area contributed by atoms with E-state index in [9.17, 15) is 13.6 Å². The molecule has 1 amide bonds. The second-order valence-electron chi connectivity index (χ2n) is 5.43.